The number of ether oxygens (including phenoxy) is 1. The van der Waals surface area contributed by atoms with Crippen LogP contribution in [0.4, 0.5) is 0 Å². The maximum absolute atomic E-state index is 11.8. The van der Waals surface area contributed by atoms with E-state index >= 15 is 0 Å². The van der Waals surface area contributed by atoms with E-state index in [4.69, 9.17) is 20.9 Å². The van der Waals surface area contributed by atoms with E-state index in [1.165, 1.54) is 10.9 Å². The van der Waals surface area contributed by atoms with Crippen LogP contribution in [-0.2, 0) is 17.9 Å². The lowest BCUT2D eigenvalue weighted by Crippen LogP contribution is -2.22. The Labute approximate surface area is 116 Å². The predicted molar refractivity (Wildman–Crippen MR) is 67.5 cm³/mol. The average Bonchev–Trinajstić information content (AvgIpc) is 2.78. The van der Waals surface area contributed by atoms with Crippen molar-refractivity contribution in [1.29, 1.82) is 0 Å². The molecule has 8 heteroatoms. The van der Waals surface area contributed by atoms with Gasteiger partial charge in [0.05, 0.1) is 12.9 Å². The molecule has 0 fully saturated rings. The molecule has 96 valence electrons. The van der Waals surface area contributed by atoms with Crippen LogP contribution in [0.1, 0.15) is 11.5 Å². The van der Waals surface area contributed by atoms with Crippen LogP contribution in [0.15, 0.2) is 26.2 Å². The zero-order valence-electron chi connectivity index (χ0n) is 9.39. The van der Waals surface area contributed by atoms with Gasteiger partial charge in [-0.25, -0.2) is 4.98 Å². The lowest BCUT2D eigenvalue weighted by Gasteiger charge is -2.02. The van der Waals surface area contributed by atoms with Crippen molar-refractivity contribution in [3.8, 4) is 0 Å². The molecule has 0 aliphatic carbocycles. The Morgan fingerprint density at radius 3 is 3.11 bits per heavy atom. The molecule has 0 aliphatic heterocycles. The van der Waals surface area contributed by atoms with Gasteiger partial charge in [0.25, 0.3) is 5.56 Å². The molecule has 0 N–H and O–H groups in total. The van der Waals surface area contributed by atoms with Crippen molar-refractivity contribution < 1.29 is 9.26 Å². The van der Waals surface area contributed by atoms with Crippen molar-refractivity contribution in [3.05, 3.63) is 43.8 Å². The minimum Gasteiger partial charge on any atom is -0.377 e. The third-order valence-electron chi connectivity index (χ3n) is 2.17. The van der Waals surface area contributed by atoms with Crippen LogP contribution in [0, 0.1) is 0 Å². The van der Waals surface area contributed by atoms with E-state index in [-0.39, 0.29) is 21.7 Å². The van der Waals surface area contributed by atoms with Gasteiger partial charge in [-0.05, 0) is 15.9 Å². The second-order valence-electron chi connectivity index (χ2n) is 3.50. The highest BCUT2D eigenvalue weighted by molar-refractivity contribution is 9.10. The maximum atomic E-state index is 11.8. The van der Waals surface area contributed by atoms with Crippen molar-refractivity contribution in [2.45, 2.75) is 13.2 Å². The largest absolute Gasteiger partial charge is 0.377 e. The summed E-state index contributed by atoms with van der Waals surface area (Å²) >= 11 is 8.79. The van der Waals surface area contributed by atoms with E-state index in [1.54, 1.807) is 13.2 Å². The molecule has 6 nitrogen and oxygen atoms in total. The molecule has 2 rings (SSSR count). The Kier molecular flexibility index (Phi) is 4.15. The second-order valence-corrected chi connectivity index (χ2v) is 4.65. The second kappa shape index (κ2) is 5.64. The third kappa shape index (κ3) is 2.80. The summed E-state index contributed by atoms with van der Waals surface area (Å²) in [6.45, 7) is 0.597. The Morgan fingerprint density at radius 2 is 2.39 bits per heavy atom. The van der Waals surface area contributed by atoms with E-state index in [1.807, 2.05) is 0 Å². The summed E-state index contributed by atoms with van der Waals surface area (Å²) in [4.78, 5) is 15.7. The number of nitrogens with zero attached hydrogens (tertiary/aromatic N) is 3. The van der Waals surface area contributed by atoms with E-state index in [9.17, 15) is 4.79 Å². The summed E-state index contributed by atoms with van der Waals surface area (Å²) in [5.41, 5.74) is 0.339. The number of halogens is 2. The lowest BCUT2D eigenvalue weighted by atomic mass is 10.3. The fraction of sp³-hybridized carbons (Fsp3) is 0.300. The van der Waals surface area contributed by atoms with Crippen molar-refractivity contribution in [3.63, 3.8) is 0 Å². The summed E-state index contributed by atoms with van der Waals surface area (Å²) in [6, 6.07) is 1.72. The van der Waals surface area contributed by atoms with E-state index < -0.39 is 0 Å². The van der Waals surface area contributed by atoms with Gasteiger partial charge < -0.3 is 9.26 Å². The molecule has 0 atom stereocenters. The first-order valence-electron chi connectivity index (χ1n) is 4.95. The Morgan fingerprint density at radius 1 is 1.61 bits per heavy atom. The Balaban J connectivity index is 2.23. The molecule has 0 spiro atoms. The fourth-order valence-electron chi connectivity index (χ4n) is 1.37. The van der Waals surface area contributed by atoms with Crippen LogP contribution >= 0.6 is 27.5 Å². The minimum atomic E-state index is -0.272. The first-order chi connectivity index (χ1) is 8.61. The van der Waals surface area contributed by atoms with Gasteiger partial charge in [-0.2, -0.15) is 0 Å². The first kappa shape index (κ1) is 13.3. The van der Waals surface area contributed by atoms with Gasteiger partial charge >= 0.3 is 0 Å². The molecule has 2 heterocycles. The molecule has 0 saturated carbocycles. The molecule has 0 radical (unpaired) electrons. The van der Waals surface area contributed by atoms with Crippen molar-refractivity contribution in [2.75, 3.05) is 7.11 Å². The smallest absolute Gasteiger partial charge is 0.269 e. The molecule has 18 heavy (non-hydrogen) atoms. The molecule has 0 amide bonds. The zero-order chi connectivity index (χ0) is 13.1. The van der Waals surface area contributed by atoms with Crippen LogP contribution < -0.4 is 5.56 Å². The number of aromatic nitrogens is 3. The van der Waals surface area contributed by atoms with E-state index in [2.05, 4.69) is 26.1 Å². The summed E-state index contributed by atoms with van der Waals surface area (Å²) in [5, 5.41) is 3.97. The molecule has 0 aliphatic rings. The maximum Gasteiger partial charge on any atom is 0.269 e. The standard InChI is InChI=1S/C10H9BrClN3O3/c1-17-4-7-2-6(14-18-7)3-15-5-13-9(12)8(11)10(15)16/h2,5H,3-4H2,1H3. The number of rotatable bonds is 4. The SMILES string of the molecule is COCc1cc(Cn2cnc(Cl)c(Br)c2=O)no1. The lowest BCUT2D eigenvalue weighted by molar-refractivity contribution is 0.155. The highest BCUT2D eigenvalue weighted by atomic mass is 79.9. The average molecular weight is 335 g/mol. The minimum absolute atomic E-state index is 0.136. The number of methoxy groups -OCH3 is 1. The van der Waals surface area contributed by atoms with Gasteiger partial charge in [-0.15, -0.1) is 0 Å². The Bertz CT molecular complexity index is 611. The van der Waals surface area contributed by atoms with Gasteiger partial charge in [0.15, 0.2) is 10.9 Å². The Hall–Kier alpha value is -1.18. The summed E-state index contributed by atoms with van der Waals surface area (Å²) in [5.74, 6) is 0.599. The van der Waals surface area contributed by atoms with Crippen molar-refractivity contribution in [2.24, 2.45) is 0 Å². The molecular formula is C10H9BrClN3O3. The van der Waals surface area contributed by atoms with Gasteiger partial charge in [0.1, 0.15) is 16.8 Å². The topological polar surface area (TPSA) is 70.2 Å². The summed E-state index contributed by atoms with van der Waals surface area (Å²) in [7, 11) is 1.56. The third-order valence-corrected chi connectivity index (χ3v) is 3.40. The van der Waals surface area contributed by atoms with Gasteiger partial charge in [-0.3, -0.25) is 9.36 Å². The van der Waals surface area contributed by atoms with Crippen LogP contribution in [0.3, 0.4) is 0 Å². The molecular weight excluding hydrogens is 325 g/mol. The van der Waals surface area contributed by atoms with Crippen molar-refractivity contribution in [1.82, 2.24) is 14.7 Å². The van der Waals surface area contributed by atoms with Crippen LogP contribution in [0.25, 0.3) is 0 Å². The molecule has 2 aromatic heterocycles. The highest BCUT2D eigenvalue weighted by Gasteiger charge is 2.10. The zero-order valence-corrected chi connectivity index (χ0v) is 11.7. The molecule has 0 saturated heterocycles. The van der Waals surface area contributed by atoms with Crippen molar-refractivity contribution >= 4 is 27.5 Å². The van der Waals surface area contributed by atoms with E-state index in [0.717, 1.165) is 0 Å². The molecule has 2 aromatic rings. The predicted octanol–water partition coefficient (Wildman–Crippen LogP) is 1.84. The van der Waals surface area contributed by atoms with E-state index in [0.29, 0.717) is 18.1 Å². The van der Waals surface area contributed by atoms with Crippen LogP contribution in [0.2, 0.25) is 5.15 Å². The highest BCUT2D eigenvalue weighted by Crippen LogP contribution is 2.14. The van der Waals surface area contributed by atoms with Gasteiger partial charge in [0.2, 0.25) is 0 Å². The summed E-state index contributed by atoms with van der Waals surface area (Å²) in [6.07, 6.45) is 1.36. The van der Waals surface area contributed by atoms with Gasteiger partial charge in [-0.1, -0.05) is 16.8 Å². The summed E-state index contributed by atoms with van der Waals surface area (Å²) < 4.78 is 11.5. The van der Waals surface area contributed by atoms with Crippen LogP contribution in [0.5, 0.6) is 0 Å². The normalized spacial score (nSPS) is 10.8. The molecule has 0 bridgehead atoms. The fourth-order valence-corrected chi connectivity index (χ4v) is 1.83. The number of hydrogen-bond donors (Lipinski definition) is 0. The van der Waals surface area contributed by atoms with Gasteiger partial charge in [0, 0.05) is 13.2 Å². The molecule has 0 aromatic carbocycles. The monoisotopic (exact) mass is 333 g/mol. The quantitative estimate of drug-likeness (QED) is 0.798. The number of hydrogen-bond acceptors (Lipinski definition) is 5. The molecule has 0 unspecified atom stereocenters. The first-order valence-corrected chi connectivity index (χ1v) is 6.12. The van der Waals surface area contributed by atoms with Crippen LogP contribution in [-0.4, -0.2) is 21.8 Å².